The molecule has 0 saturated carbocycles. The number of sulfonamides is 1. The summed E-state index contributed by atoms with van der Waals surface area (Å²) in [6.07, 6.45) is 1.80. The van der Waals surface area contributed by atoms with Gasteiger partial charge < -0.3 is 9.73 Å². The Morgan fingerprint density at radius 3 is 2.64 bits per heavy atom. The van der Waals surface area contributed by atoms with Crippen molar-refractivity contribution in [3.8, 4) is 0 Å². The van der Waals surface area contributed by atoms with Crippen molar-refractivity contribution in [3.05, 3.63) is 52.1 Å². The van der Waals surface area contributed by atoms with Crippen LogP contribution in [0.15, 0.2) is 39.2 Å². The summed E-state index contributed by atoms with van der Waals surface area (Å²) >= 11 is 1.05. The van der Waals surface area contributed by atoms with E-state index in [9.17, 15) is 13.2 Å². The number of hydrogen-bond acceptors (Lipinski definition) is 5. The maximum Gasteiger partial charge on any atom is 0.247 e. The third-order valence-electron chi connectivity index (χ3n) is 4.00. The number of thiophene rings is 1. The number of nitrogens with one attached hydrogen (secondary N) is 1. The summed E-state index contributed by atoms with van der Waals surface area (Å²) in [5.41, 5.74) is 3.87. The Morgan fingerprint density at radius 2 is 1.96 bits per heavy atom. The second kappa shape index (κ2) is 6.62. The first kappa shape index (κ1) is 17.7. The van der Waals surface area contributed by atoms with Gasteiger partial charge in [0, 0.05) is 15.8 Å². The lowest BCUT2D eigenvalue weighted by molar-refractivity contribution is -0.120. The molecule has 0 aliphatic rings. The van der Waals surface area contributed by atoms with Crippen molar-refractivity contribution in [3.63, 3.8) is 0 Å². The highest BCUT2D eigenvalue weighted by Gasteiger charge is 2.14. The molecule has 0 spiro atoms. The molecule has 1 amide bonds. The second-order valence-corrected chi connectivity index (χ2v) is 8.87. The number of rotatable bonds is 5. The standard InChI is InChI=1S/C17H18N2O4S2/c1-10-5-14-12(9-23-15(14)6-11(10)2)7-16(20)19-8-13-3-4-17(24-13)25(18,21)22/h3-6,9H,7-8H2,1-2H3,(H,19,20)(H2,18,21,22). The number of furan rings is 1. The molecule has 0 fully saturated rings. The lowest BCUT2D eigenvalue weighted by atomic mass is 10.0. The summed E-state index contributed by atoms with van der Waals surface area (Å²) in [4.78, 5) is 12.9. The molecule has 25 heavy (non-hydrogen) atoms. The van der Waals surface area contributed by atoms with Gasteiger partial charge in [0.15, 0.2) is 0 Å². The van der Waals surface area contributed by atoms with Gasteiger partial charge >= 0.3 is 0 Å². The van der Waals surface area contributed by atoms with E-state index in [4.69, 9.17) is 9.56 Å². The van der Waals surface area contributed by atoms with Crippen LogP contribution < -0.4 is 10.5 Å². The van der Waals surface area contributed by atoms with Gasteiger partial charge in [0.05, 0.1) is 19.2 Å². The van der Waals surface area contributed by atoms with Crippen LogP contribution in [0.5, 0.6) is 0 Å². The molecule has 0 atom stereocenters. The van der Waals surface area contributed by atoms with Gasteiger partial charge in [-0.25, -0.2) is 13.6 Å². The van der Waals surface area contributed by atoms with E-state index >= 15 is 0 Å². The Balaban J connectivity index is 1.67. The molecule has 0 aliphatic heterocycles. The number of carbonyl (C=O) groups excluding carboxylic acids is 1. The van der Waals surface area contributed by atoms with E-state index in [0.717, 1.165) is 43.9 Å². The van der Waals surface area contributed by atoms with Crippen LogP contribution in [0.2, 0.25) is 0 Å². The van der Waals surface area contributed by atoms with Gasteiger partial charge in [-0.15, -0.1) is 11.3 Å². The summed E-state index contributed by atoms with van der Waals surface area (Å²) in [7, 11) is -3.70. The van der Waals surface area contributed by atoms with Gasteiger partial charge in [-0.05, 0) is 49.2 Å². The summed E-state index contributed by atoms with van der Waals surface area (Å²) in [5.74, 6) is -0.161. The van der Waals surface area contributed by atoms with Gasteiger partial charge in [-0.3, -0.25) is 4.79 Å². The molecule has 3 N–H and O–H groups in total. The molecular formula is C17H18N2O4S2. The van der Waals surface area contributed by atoms with Crippen LogP contribution in [0, 0.1) is 13.8 Å². The Kier molecular flexibility index (Phi) is 4.68. The number of benzene rings is 1. The van der Waals surface area contributed by atoms with Gasteiger partial charge in [0.2, 0.25) is 15.9 Å². The minimum atomic E-state index is -3.70. The zero-order chi connectivity index (χ0) is 18.2. The van der Waals surface area contributed by atoms with E-state index in [0.29, 0.717) is 0 Å². The Labute approximate surface area is 149 Å². The van der Waals surface area contributed by atoms with Crippen molar-refractivity contribution in [1.29, 1.82) is 0 Å². The largest absolute Gasteiger partial charge is 0.464 e. The number of primary sulfonamides is 1. The fourth-order valence-corrected chi connectivity index (χ4v) is 4.22. The van der Waals surface area contributed by atoms with Gasteiger partial charge in [-0.2, -0.15) is 0 Å². The smallest absolute Gasteiger partial charge is 0.247 e. The first-order valence-corrected chi connectivity index (χ1v) is 9.96. The summed E-state index contributed by atoms with van der Waals surface area (Å²) < 4.78 is 28.1. The van der Waals surface area contributed by atoms with Crippen LogP contribution in [-0.4, -0.2) is 14.3 Å². The average molecular weight is 378 g/mol. The van der Waals surface area contributed by atoms with Crippen molar-refractivity contribution in [2.75, 3.05) is 0 Å². The highest BCUT2D eigenvalue weighted by molar-refractivity contribution is 7.91. The Morgan fingerprint density at radius 1 is 1.24 bits per heavy atom. The highest BCUT2D eigenvalue weighted by Crippen LogP contribution is 2.25. The molecule has 0 radical (unpaired) electrons. The second-order valence-electron chi connectivity index (χ2n) is 5.91. The minimum absolute atomic E-state index is 0.0865. The Hall–Kier alpha value is -2.16. The number of aryl methyl sites for hydroxylation is 2. The summed E-state index contributed by atoms with van der Waals surface area (Å²) in [6.45, 7) is 4.29. The van der Waals surface area contributed by atoms with E-state index in [1.807, 2.05) is 26.0 Å². The highest BCUT2D eigenvalue weighted by atomic mass is 32.2. The molecule has 6 nitrogen and oxygen atoms in total. The van der Waals surface area contributed by atoms with E-state index in [2.05, 4.69) is 5.32 Å². The fraction of sp³-hybridized carbons (Fsp3) is 0.235. The molecule has 3 rings (SSSR count). The third kappa shape index (κ3) is 3.92. The number of hydrogen-bond donors (Lipinski definition) is 2. The molecule has 1 aromatic carbocycles. The van der Waals surface area contributed by atoms with Gasteiger partial charge in [0.1, 0.15) is 9.79 Å². The quantitative estimate of drug-likeness (QED) is 0.712. The maximum absolute atomic E-state index is 12.2. The van der Waals surface area contributed by atoms with Crippen LogP contribution in [0.3, 0.4) is 0 Å². The predicted molar refractivity (Wildman–Crippen MR) is 96.9 cm³/mol. The van der Waals surface area contributed by atoms with Gasteiger partial charge in [-0.1, -0.05) is 0 Å². The zero-order valence-corrected chi connectivity index (χ0v) is 15.5. The molecule has 3 aromatic rings. The molecule has 8 heteroatoms. The van der Waals surface area contributed by atoms with Crippen molar-refractivity contribution in [2.24, 2.45) is 5.14 Å². The number of nitrogens with two attached hydrogens (primary N) is 1. The monoisotopic (exact) mass is 378 g/mol. The number of fused-ring (bicyclic) bond motifs is 1. The summed E-state index contributed by atoms with van der Waals surface area (Å²) in [6, 6.07) is 7.07. The first-order chi connectivity index (χ1) is 11.7. The Bertz CT molecular complexity index is 1050. The zero-order valence-electron chi connectivity index (χ0n) is 13.8. The van der Waals surface area contributed by atoms with Crippen molar-refractivity contribution < 1.29 is 17.6 Å². The van der Waals surface area contributed by atoms with E-state index in [1.54, 1.807) is 12.3 Å². The van der Waals surface area contributed by atoms with Crippen LogP contribution in [-0.2, 0) is 27.8 Å². The molecule has 0 saturated heterocycles. The van der Waals surface area contributed by atoms with E-state index in [-0.39, 0.29) is 23.1 Å². The van der Waals surface area contributed by atoms with E-state index < -0.39 is 10.0 Å². The summed E-state index contributed by atoms with van der Waals surface area (Å²) in [5, 5.41) is 8.80. The lowest BCUT2D eigenvalue weighted by Crippen LogP contribution is -2.24. The number of amides is 1. The molecule has 2 aromatic heterocycles. The molecular weight excluding hydrogens is 360 g/mol. The van der Waals surface area contributed by atoms with Crippen LogP contribution >= 0.6 is 11.3 Å². The van der Waals surface area contributed by atoms with Crippen molar-refractivity contribution >= 4 is 38.2 Å². The van der Waals surface area contributed by atoms with Gasteiger partial charge in [0.25, 0.3) is 0 Å². The topological polar surface area (TPSA) is 102 Å². The fourth-order valence-electron chi connectivity index (χ4n) is 2.50. The average Bonchev–Trinajstić information content (AvgIpc) is 3.14. The molecule has 0 aliphatic carbocycles. The molecule has 2 heterocycles. The maximum atomic E-state index is 12.2. The SMILES string of the molecule is Cc1cc2occ(CC(=O)NCc3ccc(S(N)(=O)=O)s3)c2cc1C. The van der Waals surface area contributed by atoms with Crippen molar-refractivity contribution in [1.82, 2.24) is 5.32 Å². The molecule has 132 valence electrons. The van der Waals surface area contributed by atoms with Crippen LogP contribution in [0.25, 0.3) is 11.0 Å². The predicted octanol–water partition coefficient (Wildman–Crippen LogP) is 2.62. The molecule has 0 unspecified atom stereocenters. The van der Waals surface area contributed by atoms with E-state index in [1.165, 1.54) is 6.07 Å². The van der Waals surface area contributed by atoms with Crippen molar-refractivity contribution in [2.45, 2.75) is 31.0 Å². The third-order valence-corrected chi connectivity index (χ3v) is 6.52. The minimum Gasteiger partial charge on any atom is -0.464 e. The first-order valence-electron chi connectivity index (χ1n) is 7.59. The lowest BCUT2D eigenvalue weighted by Gasteiger charge is -2.04. The normalized spacial score (nSPS) is 11.8. The van der Waals surface area contributed by atoms with Crippen LogP contribution in [0.4, 0.5) is 0 Å². The van der Waals surface area contributed by atoms with Crippen LogP contribution in [0.1, 0.15) is 21.6 Å². The number of carbonyl (C=O) groups is 1. The molecule has 0 bridgehead atoms.